The lowest BCUT2D eigenvalue weighted by Gasteiger charge is -2.33. The third-order valence-corrected chi connectivity index (χ3v) is 3.57. The number of amides is 1. The van der Waals surface area contributed by atoms with Crippen LogP contribution in [-0.4, -0.2) is 36.5 Å². The Morgan fingerprint density at radius 3 is 2.58 bits per heavy atom. The number of likely N-dealkylation sites (tertiary alicyclic amines) is 1. The van der Waals surface area contributed by atoms with Gasteiger partial charge in [0.15, 0.2) is 0 Å². The van der Waals surface area contributed by atoms with Crippen molar-refractivity contribution in [2.24, 2.45) is 11.7 Å². The Balaban J connectivity index is 1.81. The fourth-order valence-electron chi connectivity index (χ4n) is 2.30. The number of para-hydroxylation sites is 1. The number of hydrogen-bond acceptors (Lipinski definition) is 3. The summed E-state index contributed by atoms with van der Waals surface area (Å²) in [4.78, 5) is 13.9. The van der Waals surface area contributed by atoms with Crippen molar-refractivity contribution in [1.82, 2.24) is 4.90 Å². The van der Waals surface area contributed by atoms with Gasteiger partial charge in [-0.05, 0) is 12.1 Å². The first kappa shape index (κ1) is 13.9. The number of carbonyl (C=O) groups is 1. The third-order valence-electron chi connectivity index (χ3n) is 3.57. The van der Waals surface area contributed by atoms with Gasteiger partial charge in [-0.2, -0.15) is 0 Å². The number of nitrogens with two attached hydrogens (primary N) is 1. The highest BCUT2D eigenvalue weighted by Gasteiger charge is 2.26. The molecule has 1 aromatic rings. The topological polar surface area (TPSA) is 55.6 Å². The van der Waals surface area contributed by atoms with E-state index >= 15 is 0 Å². The Morgan fingerprint density at radius 2 is 2.00 bits per heavy atom. The van der Waals surface area contributed by atoms with E-state index in [1.54, 1.807) is 0 Å². The molecular formula is C15H22N2O2. The summed E-state index contributed by atoms with van der Waals surface area (Å²) in [6.07, 6.45) is 1.98. The Kier molecular flexibility index (Phi) is 4.80. The minimum atomic E-state index is -0.0772. The highest BCUT2D eigenvalue weighted by Crippen LogP contribution is 2.19. The zero-order chi connectivity index (χ0) is 13.7. The summed E-state index contributed by atoms with van der Waals surface area (Å²) in [6, 6.07) is 9.85. The van der Waals surface area contributed by atoms with E-state index in [0.29, 0.717) is 6.54 Å². The van der Waals surface area contributed by atoms with Gasteiger partial charge in [-0.3, -0.25) is 4.79 Å². The van der Waals surface area contributed by atoms with E-state index < -0.39 is 0 Å². The molecule has 1 fully saturated rings. The van der Waals surface area contributed by atoms with Crippen molar-refractivity contribution in [3.05, 3.63) is 30.3 Å². The number of piperidine rings is 1. The van der Waals surface area contributed by atoms with Gasteiger partial charge in [0.05, 0.1) is 0 Å². The Hall–Kier alpha value is -1.55. The van der Waals surface area contributed by atoms with Gasteiger partial charge in [0, 0.05) is 38.4 Å². The number of carbonyl (C=O) groups excluding carboxylic acids is 1. The maximum atomic E-state index is 12.0. The molecule has 1 unspecified atom stereocenters. The zero-order valence-electron chi connectivity index (χ0n) is 11.4. The van der Waals surface area contributed by atoms with E-state index in [1.165, 1.54) is 0 Å². The molecule has 1 heterocycles. The van der Waals surface area contributed by atoms with Gasteiger partial charge in [0.1, 0.15) is 11.9 Å². The minimum Gasteiger partial charge on any atom is -0.490 e. The highest BCUT2D eigenvalue weighted by molar-refractivity contribution is 5.78. The average Bonchev–Trinajstić information content (AvgIpc) is 2.47. The quantitative estimate of drug-likeness (QED) is 0.897. The minimum absolute atomic E-state index is 0.0772. The predicted octanol–water partition coefficient (Wildman–Crippen LogP) is 1.65. The fourth-order valence-corrected chi connectivity index (χ4v) is 2.30. The molecule has 1 saturated heterocycles. The second-order valence-electron chi connectivity index (χ2n) is 5.09. The fraction of sp³-hybridized carbons (Fsp3) is 0.533. The largest absolute Gasteiger partial charge is 0.490 e. The molecule has 1 atom stereocenters. The molecule has 0 saturated carbocycles. The van der Waals surface area contributed by atoms with E-state index in [9.17, 15) is 4.79 Å². The molecular weight excluding hydrogens is 240 g/mol. The Bertz CT molecular complexity index is 400. The van der Waals surface area contributed by atoms with Crippen molar-refractivity contribution in [3.8, 4) is 5.75 Å². The molecule has 1 aromatic carbocycles. The maximum absolute atomic E-state index is 12.0. The third kappa shape index (κ3) is 3.70. The molecule has 0 radical (unpaired) electrons. The van der Waals surface area contributed by atoms with Crippen LogP contribution < -0.4 is 10.5 Å². The SMILES string of the molecule is CC(CN)C(=O)N1CCC(Oc2ccccc2)CC1. The summed E-state index contributed by atoms with van der Waals surface area (Å²) in [5, 5.41) is 0. The lowest BCUT2D eigenvalue weighted by molar-refractivity contribution is -0.136. The van der Waals surface area contributed by atoms with Crippen molar-refractivity contribution in [2.75, 3.05) is 19.6 Å². The summed E-state index contributed by atoms with van der Waals surface area (Å²) < 4.78 is 5.91. The number of rotatable bonds is 4. The van der Waals surface area contributed by atoms with Gasteiger partial charge in [-0.15, -0.1) is 0 Å². The van der Waals surface area contributed by atoms with Crippen molar-refractivity contribution in [2.45, 2.75) is 25.9 Å². The van der Waals surface area contributed by atoms with Gasteiger partial charge in [-0.25, -0.2) is 0 Å². The molecule has 1 aliphatic heterocycles. The van der Waals surface area contributed by atoms with Crippen LogP contribution in [0.25, 0.3) is 0 Å². The number of hydrogen-bond donors (Lipinski definition) is 1. The molecule has 4 heteroatoms. The zero-order valence-corrected chi connectivity index (χ0v) is 11.4. The van der Waals surface area contributed by atoms with Crippen LogP contribution >= 0.6 is 0 Å². The summed E-state index contributed by atoms with van der Waals surface area (Å²) in [6.45, 7) is 3.83. The van der Waals surface area contributed by atoms with Crippen molar-refractivity contribution in [3.63, 3.8) is 0 Å². The molecule has 0 aliphatic carbocycles. The molecule has 4 nitrogen and oxygen atoms in total. The molecule has 1 amide bonds. The maximum Gasteiger partial charge on any atom is 0.226 e. The van der Waals surface area contributed by atoms with E-state index in [-0.39, 0.29) is 17.9 Å². The summed E-state index contributed by atoms with van der Waals surface area (Å²) in [5.74, 6) is 0.995. The normalized spacial score (nSPS) is 18.1. The molecule has 0 bridgehead atoms. The van der Waals surface area contributed by atoms with Crippen molar-refractivity contribution < 1.29 is 9.53 Å². The van der Waals surface area contributed by atoms with Crippen LogP contribution in [0, 0.1) is 5.92 Å². The van der Waals surface area contributed by atoms with Gasteiger partial charge >= 0.3 is 0 Å². The summed E-state index contributed by atoms with van der Waals surface area (Å²) in [7, 11) is 0. The van der Waals surface area contributed by atoms with Crippen LogP contribution in [-0.2, 0) is 4.79 Å². The Morgan fingerprint density at radius 1 is 1.37 bits per heavy atom. The van der Waals surface area contributed by atoms with E-state index in [2.05, 4.69) is 0 Å². The Labute approximate surface area is 114 Å². The first-order valence-electron chi connectivity index (χ1n) is 6.91. The molecule has 2 rings (SSSR count). The van der Waals surface area contributed by atoms with Crippen LogP contribution in [0.4, 0.5) is 0 Å². The summed E-state index contributed by atoms with van der Waals surface area (Å²) >= 11 is 0. The number of benzene rings is 1. The molecule has 2 N–H and O–H groups in total. The average molecular weight is 262 g/mol. The number of nitrogens with zero attached hydrogens (tertiary/aromatic N) is 1. The monoisotopic (exact) mass is 262 g/mol. The lowest BCUT2D eigenvalue weighted by atomic mass is 10.0. The van der Waals surface area contributed by atoms with Crippen molar-refractivity contribution >= 4 is 5.91 Å². The van der Waals surface area contributed by atoms with E-state index in [0.717, 1.165) is 31.7 Å². The molecule has 1 aliphatic rings. The van der Waals surface area contributed by atoms with E-state index in [4.69, 9.17) is 10.5 Å². The van der Waals surface area contributed by atoms with Gasteiger partial charge in [0.2, 0.25) is 5.91 Å². The van der Waals surface area contributed by atoms with Gasteiger partial charge < -0.3 is 15.4 Å². The second kappa shape index (κ2) is 6.57. The standard InChI is InChI=1S/C15H22N2O2/c1-12(11-16)15(18)17-9-7-14(8-10-17)19-13-5-3-2-4-6-13/h2-6,12,14H,7-11,16H2,1H3. The van der Waals surface area contributed by atoms with Crippen LogP contribution in [0.5, 0.6) is 5.75 Å². The van der Waals surface area contributed by atoms with E-state index in [1.807, 2.05) is 42.2 Å². The van der Waals surface area contributed by atoms with Crippen LogP contribution in [0.3, 0.4) is 0 Å². The first-order chi connectivity index (χ1) is 9.20. The smallest absolute Gasteiger partial charge is 0.226 e. The van der Waals surface area contributed by atoms with Gasteiger partial charge in [-0.1, -0.05) is 25.1 Å². The first-order valence-corrected chi connectivity index (χ1v) is 6.91. The molecule has 104 valence electrons. The van der Waals surface area contributed by atoms with Gasteiger partial charge in [0.25, 0.3) is 0 Å². The summed E-state index contributed by atoms with van der Waals surface area (Å²) in [5.41, 5.74) is 5.54. The molecule has 0 aromatic heterocycles. The molecule has 19 heavy (non-hydrogen) atoms. The second-order valence-corrected chi connectivity index (χ2v) is 5.09. The van der Waals surface area contributed by atoms with Crippen LogP contribution in [0.1, 0.15) is 19.8 Å². The lowest BCUT2D eigenvalue weighted by Crippen LogP contribution is -2.45. The van der Waals surface area contributed by atoms with Crippen LogP contribution in [0.15, 0.2) is 30.3 Å². The highest BCUT2D eigenvalue weighted by atomic mass is 16.5. The molecule has 0 spiro atoms. The number of ether oxygens (including phenoxy) is 1. The predicted molar refractivity (Wildman–Crippen MR) is 74.9 cm³/mol. The van der Waals surface area contributed by atoms with Crippen LogP contribution in [0.2, 0.25) is 0 Å². The van der Waals surface area contributed by atoms with Crippen molar-refractivity contribution in [1.29, 1.82) is 0 Å².